The number of hydrogen-bond acceptors (Lipinski definition) is 2. The fraction of sp³-hybridized carbons (Fsp3) is 0.500. The molecule has 4 heteroatoms. The Kier molecular flexibility index (Phi) is 2.29. The predicted molar refractivity (Wildman–Crippen MR) is 41.0 cm³/mol. The molecule has 0 unspecified atom stereocenters. The van der Waals surface area contributed by atoms with Crippen LogP contribution < -0.4 is 5.73 Å². The molecule has 0 aliphatic carbocycles. The first-order valence-electron chi connectivity index (χ1n) is 3.12. The van der Waals surface area contributed by atoms with Crippen LogP contribution in [0.4, 0.5) is 0 Å². The maximum Gasteiger partial charge on any atom is 0.0818 e. The molecule has 0 amide bonds. The van der Waals surface area contributed by atoms with Crippen molar-refractivity contribution in [2.24, 2.45) is 12.8 Å². The van der Waals surface area contributed by atoms with Gasteiger partial charge in [0.25, 0.3) is 0 Å². The molecule has 0 aromatic carbocycles. The summed E-state index contributed by atoms with van der Waals surface area (Å²) in [5, 5.41) is 4.67. The number of aryl methyl sites for hydroxylation is 1. The summed E-state index contributed by atoms with van der Waals surface area (Å²) in [5.41, 5.74) is 6.36. The van der Waals surface area contributed by atoms with Crippen LogP contribution in [0.2, 0.25) is 5.02 Å². The molecule has 1 aromatic heterocycles. The Morgan fingerprint density at radius 2 is 2.50 bits per heavy atom. The lowest BCUT2D eigenvalue weighted by molar-refractivity contribution is 0.706. The Labute approximate surface area is 64.8 Å². The molecule has 0 fully saturated rings. The van der Waals surface area contributed by atoms with Crippen LogP contribution in [0.1, 0.15) is 5.69 Å². The minimum absolute atomic E-state index is 0.610. The van der Waals surface area contributed by atoms with Gasteiger partial charge in [0.1, 0.15) is 0 Å². The van der Waals surface area contributed by atoms with Gasteiger partial charge in [-0.2, -0.15) is 5.10 Å². The van der Waals surface area contributed by atoms with E-state index in [4.69, 9.17) is 17.3 Å². The van der Waals surface area contributed by atoms with E-state index in [-0.39, 0.29) is 0 Å². The second-order valence-corrected chi connectivity index (χ2v) is 2.51. The maximum atomic E-state index is 5.78. The van der Waals surface area contributed by atoms with Crippen molar-refractivity contribution in [2.75, 3.05) is 6.54 Å². The van der Waals surface area contributed by atoms with Crippen molar-refractivity contribution in [1.29, 1.82) is 0 Å². The SMILES string of the molecule is Cn1ncc(Cl)c1CCN. The van der Waals surface area contributed by atoms with E-state index < -0.39 is 0 Å². The van der Waals surface area contributed by atoms with Crippen LogP contribution in [0.3, 0.4) is 0 Å². The van der Waals surface area contributed by atoms with E-state index in [1.807, 2.05) is 7.05 Å². The summed E-state index contributed by atoms with van der Waals surface area (Å²) >= 11 is 5.78. The van der Waals surface area contributed by atoms with E-state index >= 15 is 0 Å². The topological polar surface area (TPSA) is 43.8 Å². The van der Waals surface area contributed by atoms with Crippen molar-refractivity contribution in [2.45, 2.75) is 6.42 Å². The Hall–Kier alpha value is -0.540. The molecule has 0 aliphatic heterocycles. The lowest BCUT2D eigenvalue weighted by Gasteiger charge is -1.98. The van der Waals surface area contributed by atoms with E-state index in [9.17, 15) is 0 Å². The molecule has 0 aliphatic rings. The maximum absolute atomic E-state index is 5.78. The van der Waals surface area contributed by atoms with Crippen LogP contribution in [-0.2, 0) is 13.5 Å². The zero-order valence-electron chi connectivity index (χ0n) is 5.84. The van der Waals surface area contributed by atoms with Crippen molar-refractivity contribution in [1.82, 2.24) is 9.78 Å². The van der Waals surface area contributed by atoms with E-state index in [0.29, 0.717) is 11.6 Å². The van der Waals surface area contributed by atoms with Gasteiger partial charge >= 0.3 is 0 Å². The lowest BCUT2D eigenvalue weighted by Crippen LogP contribution is -2.07. The molecule has 0 radical (unpaired) electrons. The van der Waals surface area contributed by atoms with Crippen LogP contribution in [0, 0.1) is 0 Å². The fourth-order valence-electron chi connectivity index (χ4n) is 0.854. The lowest BCUT2D eigenvalue weighted by atomic mass is 10.3. The first kappa shape index (κ1) is 7.57. The molecule has 10 heavy (non-hydrogen) atoms. The van der Waals surface area contributed by atoms with Crippen molar-refractivity contribution < 1.29 is 0 Å². The van der Waals surface area contributed by atoms with E-state index in [2.05, 4.69) is 5.10 Å². The average molecular weight is 160 g/mol. The monoisotopic (exact) mass is 159 g/mol. The molecule has 0 spiro atoms. The van der Waals surface area contributed by atoms with Gasteiger partial charge < -0.3 is 5.73 Å². The Bertz CT molecular complexity index is 199. The zero-order chi connectivity index (χ0) is 7.56. The van der Waals surface area contributed by atoms with E-state index in [1.54, 1.807) is 10.9 Å². The van der Waals surface area contributed by atoms with Gasteiger partial charge in [-0.1, -0.05) is 11.6 Å². The van der Waals surface area contributed by atoms with Gasteiger partial charge in [0, 0.05) is 13.5 Å². The van der Waals surface area contributed by atoms with Crippen LogP contribution in [0.15, 0.2) is 6.20 Å². The Morgan fingerprint density at radius 3 is 2.90 bits per heavy atom. The van der Waals surface area contributed by atoms with Crippen molar-refractivity contribution >= 4 is 11.6 Å². The third-order valence-corrected chi connectivity index (χ3v) is 1.71. The molecule has 2 N–H and O–H groups in total. The summed E-state index contributed by atoms with van der Waals surface area (Å²) in [6.45, 7) is 0.610. The average Bonchev–Trinajstić information content (AvgIpc) is 2.20. The van der Waals surface area contributed by atoms with Crippen LogP contribution in [-0.4, -0.2) is 16.3 Å². The van der Waals surface area contributed by atoms with Crippen molar-refractivity contribution in [3.8, 4) is 0 Å². The molecule has 1 heterocycles. The van der Waals surface area contributed by atoms with Gasteiger partial charge in [-0.05, 0) is 6.54 Å². The quantitative estimate of drug-likeness (QED) is 0.686. The van der Waals surface area contributed by atoms with Crippen molar-refractivity contribution in [3.63, 3.8) is 0 Å². The number of nitrogens with zero attached hydrogens (tertiary/aromatic N) is 2. The third kappa shape index (κ3) is 1.30. The highest BCUT2D eigenvalue weighted by atomic mass is 35.5. The van der Waals surface area contributed by atoms with E-state index in [0.717, 1.165) is 12.1 Å². The van der Waals surface area contributed by atoms with Gasteiger partial charge in [-0.25, -0.2) is 0 Å². The third-order valence-electron chi connectivity index (χ3n) is 1.39. The first-order valence-corrected chi connectivity index (χ1v) is 3.50. The molecule has 0 atom stereocenters. The second kappa shape index (κ2) is 3.03. The summed E-state index contributed by atoms with van der Waals surface area (Å²) in [7, 11) is 1.86. The van der Waals surface area contributed by atoms with Crippen LogP contribution in [0.5, 0.6) is 0 Å². The predicted octanol–water partition coefficient (Wildman–Crippen LogP) is 0.575. The number of nitrogens with two attached hydrogens (primary N) is 1. The van der Waals surface area contributed by atoms with Gasteiger partial charge in [0.2, 0.25) is 0 Å². The molecule has 1 rings (SSSR count). The largest absolute Gasteiger partial charge is 0.330 e. The van der Waals surface area contributed by atoms with E-state index in [1.165, 1.54) is 0 Å². The summed E-state index contributed by atoms with van der Waals surface area (Å²) < 4.78 is 1.75. The Morgan fingerprint density at radius 1 is 1.80 bits per heavy atom. The molecule has 0 bridgehead atoms. The minimum Gasteiger partial charge on any atom is -0.330 e. The highest BCUT2D eigenvalue weighted by Crippen LogP contribution is 2.13. The van der Waals surface area contributed by atoms with Gasteiger partial charge in [-0.3, -0.25) is 4.68 Å². The Balaban J connectivity index is 2.87. The highest BCUT2D eigenvalue weighted by Gasteiger charge is 2.03. The fourth-order valence-corrected chi connectivity index (χ4v) is 1.11. The zero-order valence-corrected chi connectivity index (χ0v) is 6.60. The van der Waals surface area contributed by atoms with Crippen LogP contribution >= 0.6 is 11.6 Å². The molecule has 3 nitrogen and oxygen atoms in total. The van der Waals surface area contributed by atoms with Crippen molar-refractivity contribution in [3.05, 3.63) is 16.9 Å². The molecule has 56 valence electrons. The second-order valence-electron chi connectivity index (χ2n) is 2.10. The highest BCUT2D eigenvalue weighted by molar-refractivity contribution is 6.31. The van der Waals surface area contributed by atoms with Crippen LogP contribution in [0.25, 0.3) is 0 Å². The number of rotatable bonds is 2. The smallest absolute Gasteiger partial charge is 0.0818 e. The number of aromatic nitrogens is 2. The number of hydrogen-bond donors (Lipinski definition) is 1. The molecule has 0 saturated carbocycles. The van der Waals surface area contributed by atoms with Gasteiger partial charge in [-0.15, -0.1) is 0 Å². The molecule has 0 saturated heterocycles. The molecular weight excluding hydrogens is 150 g/mol. The summed E-state index contributed by atoms with van der Waals surface area (Å²) in [5.74, 6) is 0. The minimum atomic E-state index is 0.610. The summed E-state index contributed by atoms with van der Waals surface area (Å²) in [4.78, 5) is 0. The molecular formula is C6H10ClN3. The van der Waals surface area contributed by atoms with Gasteiger partial charge in [0.15, 0.2) is 0 Å². The first-order chi connectivity index (χ1) is 4.75. The summed E-state index contributed by atoms with van der Waals surface area (Å²) in [6.07, 6.45) is 2.42. The normalized spacial score (nSPS) is 10.3. The number of halogens is 1. The molecule has 1 aromatic rings. The standard InChI is InChI=1S/C6H10ClN3/c1-10-6(2-3-8)5(7)4-9-10/h4H,2-3,8H2,1H3. The van der Waals surface area contributed by atoms with Gasteiger partial charge in [0.05, 0.1) is 16.9 Å². The summed E-state index contributed by atoms with van der Waals surface area (Å²) in [6, 6.07) is 0.